The number of rotatable bonds is 47. The number of amides is 11. The van der Waals surface area contributed by atoms with Crippen LogP contribution in [0.2, 0.25) is 0 Å². The molecule has 29 nitrogen and oxygen atoms in total. The van der Waals surface area contributed by atoms with Gasteiger partial charge in [0.1, 0.15) is 17.7 Å². The maximum absolute atomic E-state index is 14.9. The second-order valence-corrected chi connectivity index (χ2v) is 32.6. The molecule has 0 aliphatic carbocycles. The highest BCUT2D eigenvalue weighted by Crippen LogP contribution is 2.35. The normalized spacial score (nSPS) is 17.4. The van der Waals surface area contributed by atoms with Gasteiger partial charge in [0.15, 0.2) is 5.78 Å². The molecule has 0 bridgehead atoms. The molecule has 2 fully saturated rings. The summed E-state index contributed by atoms with van der Waals surface area (Å²) in [6.45, 7) is 19.0. The van der Waals surface area contributed by atoms with Crippen molar-refractivity contribution in [2.24, 2.45) is 53.1 Å². The monoisotopic (exact) mass is 1660 g/mol. The van der Waals surface area contributed by atoms with Crippen molar-refractivity contribution in [3.8, 4) is 5.75 Å². The number of carboxylic acid groups (broad SMARTS) is 1. The van der Waals surface area contributed by atoms with Gasteiger partial charge >= 0.3 is 18.0 Å². The highest BCUT2D eigenvalue weighted by atomic mass is 32.2. The maximum Gasteiger partial charge on any atom is 0.313 e. The molecular weight excluding hydrogens is 1550 g/mol. The third-order valence-electron chi connectivity index (χ3n) is 21.0. The van der Waals surface area contributed by atoms with Crippen molar-refractivity contribution < 1.29 is 118 Å². The van der Waals surface area contributed by atoms with E-state index in [1.807, 2.05) is 45.9 Å². The average Bonchev–Trinajstić information content (AvgIpc) is 1.35. The van der Waals surface area contributed by atoms with Gasteiger partial charge in [-0.2, -0.15) is 8.78 Å². The lowest BCUT2D eigenvalue weighted by atomic mass is 9.82. The van der Waals surface area contributed by atoms with E-state index in [-0.39, 0.29) is 110 Å². The van der Waals surface area contributed by atoms with Crippen LogP contribution in [0, 0.1) is 76.4 Å². The zero-order chi connectivity index (χ0) is 87.4. The molecule has 0 aromatic heterocycles. The summed E-state index contributed by atoms with van der Waals surface area (Å²) in [6, 6.07) is 4.57. The third-order valence-corrected chi connectivity index (χ3v) is 22.2. The number of Topliss-reactive ketones (excluding diaryl/α,β-unsaturated/α-hetero) is 4. The molecule has 0 radical (unpaired) electrons. The van der Waals surface area contributed by atoms with E-state index in [9.17, 15) is 104 Å². The Kier molecular flexibility index (Phi) is 40.2. The van der Waals surface area contributed by atoms with Gasteiger partial charge in [0.2, 0.25) is 87.8 Å². The molecule has 2 aromatic rings. The molecule has 6 N–H and O–H groups in total. The van der Waals surface area contributed by atoms with E-state index < -0.39 is 197 Å². The molecule has 116 heavy (non-hydrogen) atoms. The Hall–Kier alpha value is -9.38. The van der Waals surface area contributed by atoms with E-state index in [0.29, 0.717) is 50.0 Å². The summed E-state index contributed by atoms with van der Waals surface area (Å²) in [6.07, 6.45) is 2.55. The van der Waals surface area contributed by atoms with E-state index in [4.69, 9.17) is 15.2 Å². The number of carboxylic acids is 1. The minimum absolute atomic E-state index is 0.0609. The molecule has 3 heterocycles. The standard InChI is InChI=1S/C68H108N8O16S.C13H6F5NO4/c1-16-43(10)60(51(91-14)36-54(80)75-32-24-28-48(75)63(92-15)44(11)49(77)35-47(67(88)89)33-45-25-19-17-20-26-45)74(13)66(87)57(39(2)3)61(83)62(84)59(41(6)7)73(12)56(82)38-71-64(85)46(27-23-30-70-68(69)90)34-50(78)58(40(4)5)72-53(79)29-21-18-22-31-76-55(81)37-52(65(76)86)93-42(8)9;14-8-9(15)11(17)13(12(18)10(8)16)23-7(22)3-4-19-5(20)1-2-6(19)21/h17,19-20,25-26,39-44,46-48,51-52,57-60,63H,16,18,21-24,27-38H2,1-15H3,(H,71,85)(H,72,79)(H,88,89)(H3,69,70,90);1-2H,3-4H2/t43-,44-,46+,47?,48-,51+,52?,57+,58-,59-,60?,63+;/m0./s1. The van der Waals surface area contributed by atoms with Crippen LogP contribution in [0.5, 0.6) is 5.75 Å². The number of halogens is 5. The van der Waals surface area contributed by atoms with Gasteiger partial charge in [0.05, 0.1) is 60.9 Å². The molecule has 3 aliphatic rings. The number of thioether (sulfide) groups is 1. The Morgan fingerprint density at radius 2 is 1.28 bits per heavy atom. The number of benzene rings is 2. The van der Waals surface area contributed by atoms with Crippen molar-refractivity contribution >= 4 is 106 Å². The van der Waals surface area contributed by atoms with Crippen LogP contribution in [0.3, 0.4) is 0 Å². The first-order chi connectivity index (χ1) is 54.5. The number of nitrogens with one attached hydrogen (secondary N) is 3. The zero-order valence-electron chi connectivity index (χ0n) is 68.7. The lowest BCUT2D eigenvalue weighted by Crippen LogP contribution is -2.57. The third kappa shape index (κ3) is 27.9. The number of hydrogen-bond acceptors (Lipinski definition) is 20. The highest BCUT2D eigenvalue weighted by Gasteiger charge is 2.47. The van der Waals surface area contributed by atoms with Crippen LogP contribution in [-0.4, -0.2) is 232 Å². The zero-order valence-corrected chi connectivity index (χ0v) is 69.6. The van der Waals surface area contributed by atoms with Gasteiger partial charge in [-0.3, -0.25) is 81.7 Å². The fraction of sp³-hybridized carbons (Fsp3) is 0.630. The Bertz CT molecular complexity index is 3840. The number of methoxy groups -OCH3 is 2. The van der Waals surface area contributed by atoms with Crippen molar-refractivity contribution in [1.82, 2.24) is 40.4 Å². The van der Waals surface area contributed by atoms with Crippen LogP contribution >= 0.6 is 11.8 Å². The van der Waals surface area contributed by atoms with Gasteiger partial charge in [0, 0.05) is 104 Å². The van der Waals surface area contributed by atoms with E-state index >= 15 is 0 Å². The molecule has 3 aliphatic heterocycles. The maximum atomic E-state index is 14.9. The number of ketones is 4. The number of hydrogen-bond donors (Lipinski definition) is 5. The van der Waals surface area contributed by atoms with Crippen LogP contribution in [0.1, 0.15) is 172 Å². The van der Waals surface area contributed by atoms with Crippen LogP contribution in [0.25, 0.3) is 0 Å². The van der Waals surface area contributed by atoms with Gasteiger partial charge in [-0.25, -0.2) is 18.0 Å². The Morgan fingerprint density at radius 1 is 0.681 bits per heavy atom. The number of primary amides is 1. The summed E-state index contributed by atoms with van der Waals surface area (Å²) in [4.78, 5) is 217. The number of nitrogens with two attached hydrogens (primary N) is 1. The van der Waals surface area contributed by atoms with Crippen LogP contribution in [0.15, 0.2) is 42.5 Å². The molecule has 3 unspecified atom stereocenters. The predicted molar refractivity (Wildman–Crippen MR) is 415 cm³/mol. The number of esters is 1. The lowest BCUT2D eigenvalue weighted by molar-refractivity contribution is -0.155. The number of ether oxygens (including phenoxy) is 3. The fourth-order valence-electron chi connectivity index (χ4n) is 14.5. The highest BCUT2D eigenvalue weighted by molar-refractivity contribution is 8.01. The summed E-state index contributed by atoms with van der Waals surface area (Å²) in [5.74, 6) is -29.7. The molecule has 644 valence electrons. The van der Waals surface area contributed by atoms with E-state index in [0.717, 1.165) is 22.6 Å². The molecular formula is C81H114F5N9O20S. The number of urea groups is 1. The molecule has 0 saturated carbocycles. The van der Waals surface area contributed by atoms with Gasteiger partial charge in [-0.05, 0) is 79.4 Å². The van der Waals surface area contributed by atoms with Gasteiger partial charge in [0.25, 0.3) is 11.8 Å². The fourth-order valence-corrected chi connectivity index (χ4v) is 15.7. The summed E-state index contributed by atoms with van der Waals surface area (Å²) < 4.78 is 81.4. The molecule has 2 aromatic carbocycles. The quantitative estimate of drug-likeness (QED) is 0.00495. The number of likely N-dealkylation sites (N-methyl/N-ethyl adjacent to an activating group) is 2. The van der Waals surface area contributed by atoms with Crippen molar-refractivity contribution in [3.63, 3.8) is 0 Å². The smallest absolute Gasteiger partial charge is 0.313 e. The molecule has 11 amide bonds. The lowest BCUT2D eigenvalue weighted by Gasteiger charge is -2.40. The summed E-state index contributed by atoms with van der Waals surface area (Å²) >= 11 is 1.46. The number of imide groups is 2. The van der Waals surface area contributed by atoms with Gasteiger partial charge < -0.3 is 55.7 Å². The molecule has 12 atom stereocenters. The largest absolute Gasteiger partial charge is 0.481 e. The van der Waals surface area contributed by atoms with Gasteiger partial charge in [-0.1, -0.05) is 119 Å². The van der Waals surface area contributed by atoms with E-state index in [1.54, 1.807) is 65.5 Å². The molecule has 35 heteroatoms. The minimum atomic E-state index is -2.39. The van der Waals surface area contributed by atoms with E-state index in [1.165, 1.54) is 49.9 Å². The van der Waals surface area contributed by atoms with Crippen LogP contribution < -0.4 is 26.4 Å². The van der Waals surface area contributed by atoms with Crippen LogP contribution in [0.4, 0.5) is 26.7 Å². The second-order valence-electron chi connectivity index (χ2n) is 30.8. The minimum Gasteiger partial charge on any atom is -0.481 e. The molecule has 0 spiro atoms. The first kappa shape index (κ1) is 99.0. The first-order valence-electron chi connectivity index (χ1n) is 39.1. The average molecular weight is 1660 g/mol. The van der Waals surface area contributed by atoms with Crippen molar-refractivity contribution in [2.45, 2.75) is 219 Å². The molecule has 2 saturated heterocycles. The topological polar surface area (TPSA) is 399 Å². The second kappa shape index (κ2) is 47.1. The van der Waals surface area contributed by atoms with E-state index in [2.05, 4.69) is 20.7 Å². The number of carbonyl (C=O) groups excluding carboxylic acids is 15. The number of nitrogens with zero attached hydrogens (tertiary/aromatic N) is 5. The SMILES string of the molecule is CC[C@H](C)C([C@@H](CC(=O)N1CCC[C@H]1[C@H](OC)[C@@H](C)C(=O)CC(Cc1ccccc1)C(=O)O)OC)N(C)C(=O)[C@@H](C(=O)C(=O)[C@H](C(C)C)N(C)C(=O)CNC(=O)[C@H](CCCNC(N)=O)CC(=O)[C@@H](NC(=O)CCCCCN1C(=O)CC(SC(C)C)C1=O)C(C)C)C(C)C.O=C(CCN1C(=O)C=CC1=O)Oc1c(F)c(F)c(F)c(F)c1F. The van der Waals surface area contributed by atoms with Crippen molar-refractivity contribution in [1.29, 1.82) is 0 Å². The van der Waals surface area contributed by atoms with Crippen molar-refractivity contribution in [3.05, 3.63) is 77.1 Å². The Labute approximate surface area is 677 Å². The summed E-state index contributed by atoms with van der Waals surface area (Å²) in [7, 11) is 5.70. The van der Waals surface area contributed by atoms with Gasteiger partial charge in [-0.15, -0.1) is 11.8 Å². The first-order valence-corrected chi connectivity index (χ1v) is 40.1. The Morgan fingerprint density at radius 3 is 1.83 bits per heavy atom. The summed E-state index contributed by atoms with van der Waals surface area (Å²) in [5.41, 5.74) is 6.05. The number of aliphatic carboxylic acids is 1. The Balaban J connectivity index is 0.00000104. The van der Waals surface area contributed by atoms with Crippen LogP contribution in [-0.2, 0) is 87.8 Å². The van der Waals surface area contributed by atoms with Crippen molar-refractivity contribution in [2.75, 3.05) is 61.0 Å². The molecule has 5 rings (SSSR count). The number of likely N-dealkylation sites (tertiary alicyclic amines) is 2. The number of carbonyl (C=O) groups is 16. The summed E-state index contributed by atoms with van der Waals surface area (Å²) in [5, 5.41) is 17.7. The predicted octanol–water partition coefficient (Wildman–Crippen LogP) is 7.42. The number of unbranched alkanes of at least 4 members (excludes halogenated alkanes) is 2.